The molecule has 2 aromatic carbocycles. The van der Waals surface area contributed by atoms with E-state index < -0.39 is 34.3 Å². The Kier molecular flexibility index (Phi) is 6.73. The Hall–Kier alpha value is -2.91. The predicted octanol–water partition coefficient (Wildman–Crippen LogP) is 2.65. The molecule has 1 heterocycles. The number of methoxy groups -OCH3 is 1. The molecule has 0 saturated carbocycles. The second-order valence-corrected chi connectivity index (χ2v) is 8.52. The number of ether oxygens (including phenoxy) is 2. The summed E-state index contributed by atoms with van der Waals surface area (Å²) in [5.41, 5.74) is 1.70. The van der Waals surface area contributed by atoms with E-state index in [1.807, 2.05) is 25.1 Å². The van der Waals surface area contributed by atoms with Crippen molar-refractivity contribution < 1.29 is 31.7 Å². The molecule has 3 rings (SSSR count). The van der Waals surface area contributed by atoms with E-state index in [1.165, 1.54) is 19.2 Å². The van der Waals surface area contributed by atoms with Gasteiger partial charge in [0.1, 0.15) is 12.6 Å². The van der Waals surface area contributed by atoms with Gasteiger partial charge >= 0.3 is 12.1 Å². The fraction of sp³-hybridized carbons (Fsp3) is 0.333. The molecule has 30 heavy (non-hydrogen) atoms. The summed E-state index contributed by atoms with van der Waals surface area (Å²) in [6.07, 6.45) is -1.66. The van der Waals surface area contributed by atoms with Crippen LogP contribution in [0.15, 0.2) is 59.5 Å². The van der Waals surface area contributed by atoms with Crippen LogP contribution >= 0.6 is 0 Å². The Labute approximate surface area is 175 Å². The van der Waals surface area contributed by atoms with Gasteiger partial charge in [0.2, 0.25) is 0 Å². The van der Waals surface area contributed by atoms with Crippen molar-refractivity contribution >= 4 is 22.2 Å². The number of esters is 1. The van der Waals surface area contributed by atoms with Gasteiger partial charge in [0.05, 0.1) is 24.7 Å². The predicted molar refractivity (Wildman–Crippen MR) is 107 cm³/mol. The highest BCUT2D eigenvalue weighted by Crippen LogP contribution is 2.26. The normalized spacial score (nSPS) is 18.8. The number of benzene rings is 2. The standard InChI is InChI=1S/C21H23NO7S/c1-15-8-10-18(11-9-15)30(25,26)29-17-12-19(20(23)27-2)22(13-17)21(24)28-14-16-6-4-3-5-7-16/h3-11,17,19H,12-14H2,1-2H3/t17-,19-/m0/s1. The molecule has 0 aliphatic carbocycles. The average Bonchev–Trinajstić information content (AvgIpc) is 3.15. The largest absolute Gasteiger partial charge is 0.467 e. The molecular formula is C21H23NO7S. The smallest absolute Gasteiger partial charge is 0.410 e. The first-order valence-corrected chi connectivity index (χ1v) is 10.8. The minimum absolute atomic E-state index is 0.00724. The third-order valence-electron chi connectivity index (χ3n) is 4.75. The fourth-order valence-electron chi connectivity index (χ4n) is 3.17. The van der Waals surface area contributed by atoms with Gasteiger partial charge in [-0.05, 0) is 24.6 Å². The summed E-state index contributed by atoms with van der Waals surface area (Å²) >= 11 is 0. The molecule has 0 bridgehead atoms. The maximum atomic E-state index is 12.6. The zero-order valence-corrected chi connectivity index (χ0v) is 17.5. The summed E-state index contributed by atoms with van der Waals surface area (Å²) in [5.74, 6) is -0.662. The SMILES string of the molecule is COC(=O)[C@@H]1C[C@H](OS(=O)(=O)c2ccc(C)cc2)CN1C(=O)OCc1ccccc1. The third kappa shape index (κ3) is 5.17. The van der Waals surface area contributed by atoms with Gasteiger partial charge in [0.15, 0.2) is 0 Å². The summed E-state index contributed by atoms with van der Waals surface area (Å²) < 4.78 is 40.5. The molecule has 0 N–H and O–H groups in total. The zero-order valence-electron chi connectivity index (χ0n) is 16.7. The highest BCUT2D eigenvalue weighted by molar-refractivity contribution is 7.86. The summed E-state index contributed by atoms with van der Waals surface area (Å²) in [6.45, 7) is 1.75. The monoisotopic (exact) mass is 433 g/mol. The first-order valence-electron chi connectivity index (χ1n) is 9.35. The molecule has 1 fully saturated rings. The molecule has 9 heteroatoms. The summed E-state index contributed by atoms with van der Waals surface area (Å²) in [5, 5.41) is 0. The van der Waals surface area contributed by atoms with E-state index in [9.17, 15) is 18.0 Å². The molecule has 1 aliphatic heterocycles. The van der Waals surface area contributed by atoms with Crippen molar-refractivity contribution in [3.05, 3.63) is 65.7 Å². The second-order valence-electron chi connectivity index (χ2n) is 6.95. The molecule has 2 aromatic rings. The molecule has 1 saturated heterocycles. The van der Waals surface area contributed by atoms with Crippen LogP contribution in [0.25, 0.3) is 0 Å². The minimum Gasteiger partial charge on any atom is -0.467 e. The maximum absolute atomic E-state index is 12.6. The fourth-order valence-corrected chi connectivity index (χ4v) is 4.25. The van der Waals surface area contributed by atoms with Gasteiger partial charge in [-0.25, -0.2) is 9.59 Å². The van der Waals surface area contributed by atoms with Crippen LogP contribution in [-0.4, -0.2) is 51.2 Å². The van der Waals surface area contributed by atoms with Crippen LogP contribution in [0.2, 0.25) is 0 Å². The quantitative estimate of drug-likeness (QED) is 0.510. The Morgan fingerprint density at radius 1 is 1.07 bits per heavy atom. The van der Waals surface area contributed by atoms with Gasteiger partial charge < -0.3 is 9.47 Å². The number of carbonyl (C=O) groups excluding carboxylic acids is 2. The van der Waals surface area contributed by atoms with Crippen LogP contribution in [0, 0.1) is 6.92 Å². The van der Waals surface area contributed by atoms with Crippen LogP contribution < -0.4 is 0 Å². The van der Waals surface area contributed by atoms with Gasteiger partial charge in [-0.15, -0.1) is 0 Å². The third-order valence-corrected chi connectivity index (χ3v) is 6.12. The summed E-state index contributed by atoms with van der Waals surface area (Å²) in [6, 6.07) is 14.3. The molecule has 2 atom stereocenters. The first-order chi connectivity index (χ1) is 14.3. The molecule has 0 radical (unpaired) electrons. The van der Waals surface area contributed by atoms with Crippen LogP contribution in [0.4, 0.5) is 4.79 Å². The zero-order chi connectivity index (χ0) is 21.7. The van der Waals surface area contributed by atoms with Crippen molar-refractivity contribution in [3.8, 4) is 0 Å². The van der Waals surface area contributed by atoms with Gasteiger partial charge in [-0.2, -0.15) is 8.42 Å². The van der Waals surface area contributed by atoms with E-state index in [-0.39, 0.29) is 24.5 Å². The maximum Gasteiger partial charge on any atom is 0.410 e. The van der Waals surface area contributed by atoms with E-state index in [0.717, 1.165) is 16.0 Å². The van der Waals surface area contributed by atoms with Crippen molar-refractivity contribution in [1.82, 2.24) is 4.90 Å². The van der Waals surface area contributed by atoms with Gasteiger partial charge in [0, 0.05) is 6.42 Å². The second kappa shape index (κ2) is 9.27. The average molecular weight is 433 g/mol. The van der Waals surface area contributed by atoms with E-state index in [0.29, 0.717) is 0 Å². The first kappa shape index (κ1) is 21.8. The molecule has 1 aliphatic rings. The minimum atomic E-state index is -4.05. The van der Waals surface area contributed by atoms with E-state index in [2.05, 4.69) is 0 Å². The number of aryl methyl sites for hydroxylation is 1. The highest BCUT2D eigenvalue weighted by Gasteiger charge is 2.43. The number of rotatable bonds is 6. The van der Waals surface area contributed by atoms with Crippen molar-refractivity contribution in [2.45, 2.75) is 37.0 Å². The topological polar surface area (TPSA) is 99.2 Å². The molecule has 0 unspecified atom stereocenters. The van der Waals surface area contributed by atoms with Crippen molar-refractivity contribution in [2.24, 2.45) is 0 Å². The van der Waals surface area contributed by atoms with E-state index in [4.69, 9.17) is 13.7 Å². The number of hydrogen-bond acceptors (Lipinski definition) is 7. The Balaban J connectivity index is 1.70. The van der Waals surface area contributed by atoms with E-state index >= 15 is 0 Å². The Morgan fingerprint density at radius 2 is 1.73 bits per heavy atom. The summed E-state index contributed by atoms with van der Waals surface area (Å²) in [7, 11) is -2.85. The number of hydrogen-bond donors (Lipinski definition) is 0. The Bertz CT molecular complexity index is 990. The number of nitrogens with zero attached hydrogens (tertiary/aromatic N) is 1. The number of carbonyl (C=O) groups is 2. The van der Waals surface area contributed by atoms with Crippen molar-refractivity contribution in [2.75, 3.05) is 13.7 Å². The molecule has 160 valence electrons. The lowest BCUT2D eigenvalue weighted by molar-refractivity contribution is -0.145. The van der Waals surface area contributed by atoms with Crippen LogP contribution in [0.1, 0.15) is 17.5 Å². The van der Waals surface area contributed by atoms with Gasteiger partial charge in [0.25, 0.3) is 10.1 Å². The number of likely N-dealkylation sites (tertiary alicyclic amines) is 1. The Morgan fingerprint density at radius 3 is 2.37 bits per heavy atom. The molecule has 0 spiro atoms. The van der Waals surface area contributed by atoms with Crippen LogP contribution in [0.3, 0.4) is 0 Å². The van der Waals surface area contributed by atoms with Gasteiger partial charge in [-0.1, -0.05) is 48.0 Å². The lowest BCUT2D eigenvalue weighted by Gasteiger charge is -2.21. The molecule has 1 amide bonds. The van der Waals surface area contributed by atoms with E-state index in [1.54, 1.807) is 24.3 Å². The van der Waals surface area contributed by atoms with Crippen molar-refractivity contribution in [1.29, 1.82) is 0 Å². The number of amides is 1. The summed E-state index contributed by atoms with van der Waals surface area (Å²) in [4.78, 5) is 25.9. The van der Waals surface area contributed by atoms with Crippen LogP contribution in [0.5, 0.6) is 0 Å². The lowest BCUT2D eigenvalue weighted by Crippen LogP contribution is -2.41. The van der Waals surface area contributed by atoms with Crippen LogP contribution in [-0.2, 0) is 35.2 Å². The molecule has 8 nitrogen and oxygen atoms in total. The molecule has 0 aromatic heterocycles. The lowest BCUT2D eigenvalue weighted by atomic mass is 10.2. The molecular weight excluding hydrogens is 410 g/mol. The highest BCUT2D eigenvalue weighted by atomic mass is 32.2. The van der Waals surface area contributed by atoms with Crippen molar-refractivity contribution in [3.63, 3.8) is 0 Å². The van der Waals surface area contributed by atoms with Gasteiger partial charge in [-0.3, -0.25) is 9.08 Å².